The smallest absolute Gasteiger partial charge is 0.246 e. The first-order valence-corrected chi connectivity index (χ1v) is 7.61. The number of hydrogen-bond acceptors (Lipinski definition) is 3. The second-order valence-electron chi connectivity index (χ2n) is 5.48. The van der Waals surface area contributed by atoms with E-state index in [0.29, 0.717) is 12.5 Å². The lowest BCUT2D eigenvalue weighted by Gasteiger charge is -2.44. The third kappa shape index (κ3) is 2.16. The van der Waals surface area contributed by atoms with Crippen molar-refractivity contribution in [2.24, 2.45) is 5.92 Å². The number of nitrogens with zero attached hydrogens (tertiary/aromatic N) is 1. The standard InChI is InChI=1S/C14H18N2O2S/c1-14(10-4-5-10)13(18)15-9-12(17)16(14)7-6-11-3-2-8-19-11/h2-3,8,10H,4-7,9H2,1H3,(H,15,18). The molecule has 1 N–H and O–H groups in total. The summed E-state index contributed by atoms with van der Waals surface area (Å²) in [5.41, 5.74) is -0.632. The van der Waals surface area contributed by atoms with Gasteiger partial charge >= 0.3 is 0 Å². The van der Waals surface area contributed by atoms with Gasteiger partial charge in [0, 0.05) is 11.4 Å². The molecule has 2 aliphatic rings. The molecule has 19 heavy (non-hydrogen) atoms. The van der Waals surface area contributed by atoms with Gasteiger partial charge in [0.2, 0.25) is 11.8 Å². The van der Waals surface area contributed by atoms with Gasteiger partial charge in [-0.25, -0.2) is 0 Å². The third-order valence-electron chi connectivity index (χ3n) is 4.26. The molecule has 0 radical (unpaired) electrons. The van der Waals surface area contributed by atoms with Gasteiger partial charge in [0.1, 0.15) is 5.54 Å². The highest BCUT2D eigenvalue weighted by atomic mass is 32.1. The number of rotatable bonds is 4. The molecule has 0 spiro atoms. The Hall–Kier alpha value is -1.36. The fourth-order valence-electron chi connectivity index (χ4n) is 2.90. The van der Waals surface area contributed by atoms with Crippen molar-refractivity contribution in [3.8, 4) is 0 Å². The Balaban J connectivity index is 1.78. The molecule has 5 heteroatoms. The summed E-state index contributed by atoms with van der Waals surface area (Å²) in [6.45, 7) is 2.71. The van der Waals surface area contributed by atoms with Crippen LogP contribution in [-0.2, 0) is 16.0 Å². The number of nitrogens with one attached hydrogen (secondary N) is 1. The van der Waals surface area contributed by atoms with Gasteiger partial charge in [-0.2, -0.15) is 0 Å². The van der Waals surface area contributed by atoms with Crippen LogP contribution in [0.4, 0.5) is 0 Å². The van der Waals surface area contributed by atoms with E-state index in [4.69, 9.17) is 0 Å². The predicted molar refractivity (Wildman–Crippen MR) is 73.9 cm³/mol. The predicted octanol–water partition coefficient (Wildman–Crippen LogP) is 1.42. The molecule has 2 fully saturated rings. The van der Waals surface area contributed by atoms with Gasteiger partial charge in [-0.15, -0.1) is 11.3 Å². The molecule has 4 nitrogen and oxygen atoms in total. The zero-order valence-corrected chi connectivity index (χ0v) is 11.8. The fourth-order valence-corrected chi connectivity index (χ4v) is 3.60. The van der Waals surface area contributed by atoms with Crippen molar-refractivity contribution in [2.75, 3.05) is 13.1 Å². The topological polar surface area (TPSA) is 49.4 Å². The van der Waals surface area contributed by atoms with Gasteiger partial charge in [-0.1, -0.05) is 6.07 Å². The summed E-state index contributed by atoms with van der Waals surface area (Å²) in [6, 6.07) is 4.10. The molecule has 3 rings (SSSR count). The SMILES string of the molecule is CC1(C2CC2)C(=O)NCC(=O)N1CCc1cccs1. The Kier molecular flexibility index (Phi) is 3.09. The Labute approximate surface area is 116 Å². The maximum Gasteiger partial charge on any atom is 0.246 e. The van der Waals surface area contributed by atoms with Crippen molar-refractivity contribution in [1.29, 1.82) is 0 Å². The van der Waals surface area contributed by atoms with Gasteiger partial charge in [0.25, 0.3) is 0 Å². The summed E-state index contributed by atoms with van der Waals surface area (Å²) >= 11 is 1.70. The molecule has 1 saturated carbocycles. The normalized spacial score (nSPS) is 27.5. The Morgan fingerprint density at radius 1 is 1.47 bits per heavy atom. The summed E-state index contributed by atoms with van der Waals surface area (Å²) in [5, 5.41) is 4.78. The summed E-state index contributed by atoms with van der Waals surface area (Å²) < 4.78 is 0. The van der Waals surface area contributed by atoms with Crippen LogP contribution in [0.5, 0.6) is 0 Å². The summed E-state index contributed by atoms with van der Waals surface area (Å²) in [7, 11) is 0. The van der Waals surface area contributed by atoms with Gasteiger partial charge in [0.15, 0.2) is 0 Å². The number of hydrogen-bond donors (Lipinski definition) is 1. The molecule has 1 atom stereocenters. The molecule has 1 unspecified atom stereocenters. The summed E-state index contributed by atoms with van der Waals surface area (Å²) in [6.07, 6.45) is 2.93. The number of thiophene rings is 1. The van der Waals surface area contributed by atoms with Crippen LogP contribution in [0.2, 0.25) is 0 Å². The van der Waals surface area contributed by atoms with Crippen molar-refractivity contribution in [3.63, 3.8) is 0 Å². The number of carbonyl (C=O) groups is 2. The minimum absolute atomic E-state index is 0.0146. The van der Waals surface area contributed by atoms with Crippen molar-refractivity contribution >= 4 is 23.2 Å². The van der Waals surface area contributed by atoms with Gasteiger partial charge in [-0.05, 0) is 43.6 Å². The van der Waals surface area contributed by atoms with Crippen LogP contribution in [0.3, 0.4) is 0 Å². The van der Waals surface area contributed by atoms with Gasteiger partial charge in [-0.3, -0.25) is 9.59 Å². The molecular formula is C14H18N2O2S. The molecule has 2 heterocycles. The molecule has 1 saturated heterocycles. The highest BCUT2D eigenvalue weighted by molar-refractivity contribution is 7.09. The van der Waals surface area contributed by atoms with Crippen LogP contribution in [0, 0.1) is 5.92 Å². The van der Waals surface area contributed by atoms with Crippen LogP contribution in [0.25, 0.3) is 0 Å². The molecule has 1 aliphatic heterocycles. The summed E-state index contributed by atoms with van der Waals surface area (Å²) in [5.74, 6) is 0.395. The zero-order valence-electron chi connectivity index (χ0n) is 11.0. The summed E-state index contributed by atoms with van der Waals surface area (Å²) in [4.78, 5) is 27.4. The van der Waals surface area contributed by atoms with Gasteiger partial charge in [0.05, 0.1) is 6.54 Å². The Bertz CT molecular complexity index is 496. The van der Waals surface area contributed by atoms with Crippen LogP contribution >= 0.6 is 11.3 Å². The lowest BCUT2D eigenvalue weighted by Crippen LogP contribution is -2.67. The van der Waals surface area contributed by atoms with Gasteiger partial charge < -0.3 is 10.2 Å². The highest BCUT2D eigenvalue weighted by Gasteiger charge is 2.54. The first-order valence-electron chi connectivity index (χ1n) is 6.73. The molecule has 1 aliphatic carbocycles. The molecule has 1 aromatic rings. The minimum Gasteiger partial charge on any atom is -0.345 e. The van der Waals surface area contributed by atoms with E-state index in [1.54, 1.807) is 11.3 Å². The quantitative estimate of drug-likeness (QED) is 0.905. The maximum absolute atomic E-state index is 12.2. The molecule has 0 bridgehead atoms. The monoisotopic (exact) mass is 278 g/mol. The second-order valence-corrected chi connectivity index (χ2v) is 6.51. The molecule has 1 aromatic heterocycles. The third-order valence-corrected chi connectivity index (χ3v) is 5.19. The van der Waals surface area contributed by atoms with Crippen molar-refractivity contribution in [1.82, 2.24) is 10.2 Å². The minimum atomic E-state index is -0.632. The Morgan fingerprint density at radius 3 is 2.89 bits per heavy atom. The van der Waals surface area contributed by atoms with Crippen LogP contribution in [0.15, 0.2) is 17.5 Å². The average Bonchev–Trinajstić information content (AvgIpc) is 3.13. The zero-order chi connectivity index (χ0) is 13.5. The van der Waals surface area contributed by atoms with E-state index in [1.807, 2.05) is 23.3 Å². The van der Waals surface area contributed by atoms with Crippen LogP contribution in [-0.4, -0.2) is 35.3 Å². The van der Waals surface area contributed by atoms with E-state index >= 15 is 0 Å². The molecule has 102 valence electrons. The lowest BCUT2D eigenvalue weighted by atomic mass is 9.89. The van der Waals surface area contributed by atoms with Crippen LogP contribution in [0.1, 0.15) is 24.6 Å². The van der Waals surface area contributed by atoms with E-state index in [1.165, 1.54) is 4.88 Å². The number of piperazine rings is 1. The van der Waals surface area contributed by atoms with Crippen molar-refractivity contribution in [3.05, 3.63) is 22.4 Å². The van der Waals surface area contributed by atoms with Crippen molar-refractivity contribution in [2.45, 2.75) is 31.7 Å². The number of amides is 2. The van der Waals surface area contributed by atoms with E-state index < -0.39 is 5.54 Å². The first-order chi connectivity index (χ1) is 9.12. The second kappa shape index (κ2) is 4.63. The van der Waals surface area contributed by atoms with E-state index in [9.17, 15) is 9.59 Å². The maximum atomic E-state index is 12.2. The average molecular weight is 278 g/mol. The first kappa shape index (κ1) is 12.7. The van der Waals surface area contributed by atoms with E-state index in [-0.39, 0.29) is 18.4 Å². The molecule has 2 amide bonds. The van der Waals surface area contributed by atoms with E-state index in [0.717, 1.165) is 19.3 Å². The van der Waals surface area contributed by atoms with Crippen LogP contribution < -0.4 is 5.32 Å². The lowest BCUT2D eigenvalue weighted by molar-refractivity contribution is -0.154. The highest BCUT2D eigenvalue weighted by Crippen LogP contribution is 2.44. The Morgan fingerprint density at radius 2 is 2.26 bits per heavy atom. The largest absolute Gasteiger partial charge is 0.345 e. The number of carbonyl (C=O) groups excluding carboxylic acids is 2. The molecule has 0 aromatic carbocycles. The van der Waals surface area contributed by atoms with Crippen molar-refractivity contribution < 1.29 is 9.59 Å². The fraction of sp³-hybridized carbons (Fsp3) is 0.571. The van der Waals surface area contributed by atoms with E-state index in [2.05, 4.69) is 11.4 Å². The molecular weight excluding hydrogens is 260 g/mol.